The highest BCUT2D eigenvalue weighted by Gasteiger charge is 2.17. The van der Waals surface area contributed by atoms with Crippen molar-refractivity contribution in [2.45, 2.75) is 34.2 Å². The summed E-state index contributed by atoms with van der Waals surface area (Å²) < 4.78 is 5.03. The first-order chi connectivity index (χ1) is 8.83. The minimum atomic E-state index is 0.283. The van der Waals surface area contributed by atoms with Crippen LogP contribution in [-0.4, -0.2) is 38.8 Å². The molecule has 110 valence electrons. The molecule has 5 heteroatoms. The smallest absolute Gasteiger partial charge is 0.185 e. The molecule has 0 unspecified atom stereocenters. The van der Waals surface area contributed by atoms with Gasteiger partial charge in [-0.05, 0) is 12.3 Å². The summed E-state index contributed by atoms with van der Waals surface area (Å²) in [7, 11) is 3.84. The molecule has 0 aliphatic rings. The molecule has 0 radical (unpaired) electrons. The van der Waals surface area contributed by atoms with E-state index in [0.29, 0.717) is 0 Å². The van der Waals surface area contributed by atoms with Gasteiger partial charge in [-0.15, -0.1) is 11.3 Å². The quantitative estimate of drug-likeness (QED) is 0.782. The number of aryl methyl sites for hydroxylation is 1. The third kappa shape index (κ3) is 5.89. The minimum absolute atomic E-state index is 0.283. The van der Waals surface area contributed by atoms with Crippen LogP contribution in [0.15, 0.2) is 0 Å². The van der Waals surface area contributed by atoms with Gasteiger partial charge in [0.05, 0.1) is 12.3 Å². The summed E-state index contributed by atoms with van der Waals surface area (Å²) >= 11 is 1.78. The predicted octanol–water partition coefficient (Wildman–Crippen LogP) is 2.67. The first-order valence-corrected chi connectivity index (χ1v) is 7.52. The van der Waals surface area contributed by atoms with E-state index in [9.17, 15) is 0 Å². The lowest BCUT2D eigenvalue weighted by Crippen LogP contribution is -2.28. The summed E-state index contributed by atoms with van der Waals surface area (Å²) in [4.78, 5) is 8.23. The summed E-state index contributed by atoms with van der Waals surface area (Å²) in [5.74, 6) is 0. The summed E-state index contributed by atoms with van der Waals surface area (Å²) in [6.07, 6.45) is 0. The molecule has 0 saturated carbocycles. The fourth-order valence-corrected chi connectivity index (χ4v) is 2.89. The first-order valence-electron chi connectivity index (χ1n) is 6.70. The van der Waals surface area contributed by atoms with Gasteiger partial charge in [0.25, 0.3) is 0 Å². The van der Waals surface area contributed by atoms with Crippen LogP contribution in [0.4, 0.5) is 5.13 Å². The number of anilines is 1. The second kappa shape index (κ2) is 7.22. The van der Waals surface area contributed by atoms with E-state index in [1.165, 1.54) is 4.88 Å². The Morgan fingerprint density at radius 3 is 2.63 bits per heavy atom. The van der Waals surface area contributed by atoms with Gasteiger partial charge >= 0.3 is 0 Å². The number of ether oxygens (including phenoxy) is 1. The van der Waals surface area contributed by atoms with Crippen molar-refractivity contribution in [3.8, 4) is 0 Å². The van der Waals surface area contributed by atoms with Crippen molar-refractivity contribution in [3.05, 3.63) is 10.6 Å². The van der Waals surface area contributed by atoms with Crippen molar-refractivity contribution in [3.63, 3.8) is 0 Å². The molecule has 0 saturated heterocycles. The van der Waals surface area contributed by atoms with E-state index in [1.54, 1.807) is 18.4 Å². The Labute approximate surface area is 121 Å². The molecule has 0 aliphatic heterocycles. The molecule has 1 aromatic rings. The molecular weight excluding hydrogens is 258 g/mol. The van der Waals surface area contributed by atoms with Crippen LogP contribution >= 0.6 is 11.3 Å². The Kier molecular flexibility index (Phi) is 6.23. The maximum Gasteiger partial charge on any atom is 0.185 e. The molecule has 0 aliphatic carbocycles. The van der Waals surface area contributed by atoms with E-state index in [2.05, 4.69) is 49.9 Å². The number of hydrogen-bond acceptors (Lipinski definition) is 5. The first kappa shape index (κ1) is 16.4. The van der Waals surface area contributed by atoms with Gasteiger partial charge in [-0.1, -0.05) is 20.8 Å². The fourth-order valence-electron chi connectivity index (χ4n) is 1.90. The standard InChI is InChI=1S/C14H27N3OS/c1-11-12(9-15-7-8-18-6)19-13(16-11)17(5)10-14(2,3)4/h15H,7-10H2,1-6H3. The van der Waals surface area contributed by atoms with E-state index in [4.69, 9.17) is 4.74 Å². The monoisotopic (exact) mass is 285 g/mol. The zero-order chi connectivity index (χ0) is 14.5. The number of thiazole rings is 1. The number of nitrogens with zero attached hydrogens (tertiary/aromatic N) is 2. The van der Waals surface area contributed by atoms with Gasteiger partial charge in [-0.3, -0.25) is 0 Å². The molecule has 1 heterocycles. The van der Waals surface area contributed by atoms with Crippen molar-refractivity contribution in [2.75, 3.05) is 38.8 Å². The predicted molar refractivity (Wildman–Crippen MR) is 83.2 cm³/mol. The minimum Gasteiger partial charge on any atom is -0.383 e. The van der Waals surface area contributed by atoms with Crippen LogP contribution in [-0.2, 0) is 11.3 Å². The molecular formula is C14H27N3OS. The average Bonchev–Trinajstić information content (AvgIpc) is 2.64. The van der Waals surface area contributed by atoms with Crippen LogP contribution in [0.5, 0.6) is 0 Å². The van der Waals surface area contributed by atoms with E-state index < -0.39 is 0 Å². The van der Waals surface area contributed by atoms with Gasteiger partial charge < -0.3 is 15.0 Å². The normalized spacial score (nSPS) is 11.9. The van der Waals surface area contributed by atoms with Gasteiger partial charge in [0.2, 0.25) is 0 Å². The second-order valence-corrected chi connectivity index (χ2v) is 7.15. The van der Waals surface area contributed by atoms with Crippen LogP contribution in [0.3, 0.4) is 0 Å². The Bertz CT molecular complexity index is 385. The summed E-state index contributed by atoms with van der Waals surface area (Å²) in [6.45, 7) is 12.3. The van der Waals surface area contributed by atoms with Crippen molar-refractivity contribution in [1.29, 1.82) is 0 Å². The average molecular weight is 285 g/mol. The van der Waals surface area contributed by atoms with Crippen LogP contribution < -0.4 is 10.2 Å². The molecule has 1 N–H and O–H groups in total. The molecule has 0 bridgehead atoms. The van der Waals surface area contributed by atoms with E-state index in [0.717, 1.165) is 37.1 Å². The Balaban J connectivity index is 2.57. The maximum absolute atomic E-state index is 5.03. The summed E-state index contributed by atoms with van der Waals surface area (Å²) in [5, 5.41) is 4.48. The van der Waals surface area contributed by atoms with E-state index in [-0.39, 0.29) is 5.41 Å². The Morgan fingerprint density at radius 2 is 2.05 bits per heavy atom. The molecule has 4 nitrogen and oxygen atoms in total. The van der Waals surface area contributed by atoms with Crippen LogP contribution in [0.25, 0.3) is 0 Å². The third-order valence-electron chi connectivity index (χ3n) is 2.69. The van der Waals surface area contributed by atoms with E-state index >= 15 is 0 Å². The Morgan fingerprint density at radius 1 is 1.37 bits per heavy atom. The number of methoxy groups -OCH3 is 1. The van der Waals surface area contributed by atoms with Gasteiger partial charge in [0, 0.05) is 38.7 Å². The molecule has 0 fully saturated rings. The topological polar surface area (TPSA) is 37.4 Å². The molecule has 0 aromatic carbocycles. The van der Waals surface area contributed by atoms with Crippen LogP contribution in [0.2, 0.25) is 0 Å². The van der Waals surface area contributed by atoms with Crippen molar-refractivity contribution in [1.82, 2.24) is 10.3 Å². The molecule has 1 aromatic heterocycles. The van der Waals surface area contributed by atoms with Gasteiger partial charge in [0.15, 0.2) is 5.13 Å². The zero-order valence-electron chi connectivity index (χ0n) is 13.0. The zero-order valence-corrected chi connectivity index (χ0v) is 13.9. The highest BCUT2D eigenvalue weighted by atomic mass is 32.1. The third-order valence-corrected chi connectivity index (χ3v) is 3.96. The largest absolute Gasteiger partial charge is 0.383 e. The Hall–Kier alpha value is -0.650. The second-order valence-electron chi connectivity index (χ2n) is 6.09. The fraction of sp³-hybridized carbons (Fsp3) is 0.786. The van der Waals surface area contributed by atoms with Crippen LogP contribution in [0.1, 0.15) is 31.3 Å². The summed E-state index contributed by atoms with van der Waals surface area (Å²) in [5.41, 5.74) is 1.41. The lowest BCUT2D eigenvalue weighted by atomic mass is 9.96. The van der Waals surface area contributed by atoms with Crippen molar-refractivity contribution < 1.29 is 4.74 Å². The lowest BCUT2D eigenvalue weighted by Gasteiger charge is -2.26. The molecule has 0 amide bonds. The maximum atomic E-state index is 5.03. The number of aromatic nitrogens is 1. The lowest BCUT2D eigenvalue weighted by molar-refractivity contribution is 0.199. The highest BCUT2D eigenvalue weighted by molar-refractivity contribution is 7.15. The number of hydrogen-bond donors (Lipinski definition) is 1. The van der Waals surface area contributed by atoms with Crippen molar-refractivity contribution >= 4 is 16.5 Å². The number of rotatable bonds is 7. The number of nitrogens with one attached hydrogen (secondary N) is 1. The molecule has 1 rings (SSSR count). The SMILES string of the molecule is COCCNCc1sc(N(C)CC(C)(C)C)nc1C. The highest BCUT2D eigenvalue weighted by Crippen LogP contribution is 2.27. The summed E-state index contributed by atoms with van der Waals surface area (Å²) in [6, 6.07) is 0. The molecule has 19 heavy (non-hydrogen) atoms. The van der Waals surface area contributed by atoms with Crippen molar-refractivity contribution in [2.24, 2.45) is 5.41 Å². The van der Waals surface area contributed by atoms with Gasteiger partial charge in [-0.2, -0.15) is 0 Å². The van der Waals surface area contributed by atoms with E-state index in [1.807, 2.05) is 0 Å². The molecule has 0 atom stereocenters. The van der Waals surface area contributed by atoms with Crippen LogP contribution in [0, 0.1) is 12.3 Å². The molecule has 0 spiro atoms. The van der Waals surface area contributed by atoms with Gasteiger partial charge in [0.1, 0.15) is 0 Å². The van der Waals surface area contributed by atoms with Gasteiger partial charge in [-0.25, -0.2) is 4.98 Å².